The number of benzene rings is 1. The molecule has 0 unspecified atom stereocenters. The van der Waals surface area contributed by atoms with Crippen molar-refractivity contribution in [2.75, 3.05) is 40.5 Å². The van der Waals surface area contributed by atoms with Gasteiger partial charge in [-0.3, -0.25) is 9.59 Å². The highest BCUT2D eigenvalue weighted by Gasteiger charge is 2.32. The number of rotatable bonds is 9. The van der Waals surface area contributed by atoms with Crippen molar-refractivity contribution >= 4 is 24.1 Å². The van der Waals surface area contributed by atoms with Gasteiger partial charge in [0.1, 0.15) is 5.75 Å². The van der Waals surface area contributed by atoms with Gasteiger partial charge in [-0.1, -0.05) is 0 Å². The average Bonchev–Trinajstić information content (AvgIpc) is 2.65. The van der Waals surface area contributed by atoms with Gasteiger partial charge in [0.05, 0.1) is 13.7 Å². The Hall–Kier alpha value is -1.63. The molecule has 146 valence electrons. The number of hydrogen-bond donors (Lipinski definition) is 2. The standard InChI is InChI=1S/C19H28N2O4.ClH/c1-24-14-19(9-11-20-12-10-19)13-21-18(23)8-7-17(22)15-3-5-16(25-2)6-4-15;/h3-6,20H,7-14H2,1-2H3,(H,21,23);1H. The van der Waals surface area contributed by atoms with Crippen molar-refractivity contribution in [1.82, 2.24) is 10.6 Å². The Kier molecular flexibility index (Phi) is 9.62. The zero-order valence-corrected chi connectivity index (χ0v) is 16.3. The normalized spacial score (nSPS) is 15.6. The van der Waals surface area contributed by atoms with Crippen LogP contribution in [0.3, 0.4) is 0 Å². The molecule has 0 bridgehead atoms. The summed E-state index contributed by atoms with van der Waals surface area (Å²) in [7, 11) is 3.28. The molecule has 1 aliphatic rings. The second kappa shape index (κ2) is 11.2. The predicted molar refractivity (Wildman–Crippen MR) is 103 cm³/mol. The van der Waals surface area contributed by atoms with Crippen LogP contribution in [0.5, 0.6) is 5.75 Å². The van der Waals surface area contributed by atoms with E-state index in [0.717, 1.165) is 25.9 Å². The molecule has 1 saturated heterocycles. The van der Waals surface area contributed by atoms with Crippen LogP contribution in [0.1, 0.15) is 36.0 Å². The third-order valence-electron chi connectivity index (χ3n) is 4.77. The summed E-state index contributed by atoms with van der Waals surface area (Å²) in [6.07, 6.45) is 2.36. The molecule has 0 spiro atoms. The van der Waals surface area contributed by atoms with E-state index in [1.54, 1.807) is 38.5 Å². The Morgan fingerprint density at radius 3 is 2.35 bits per heavy atom. The van der Waals surface area contributed by atoms with Crippen molar-refractivity contribution in [1.29, 1.82) is 0 Å². The van der Waals surface area contributed by atoms with Crippen LogP contribution >= 0.6 is 12.4 Å². The summed E-state index contributed by atoms with van der Waals surface area (Å²) in [5.74, 6) is 0.585. The van der Waals surface area contributed by atoms with Crippen LogP contribution in [-0.2, 0) is 9.53 Å². The minimum atomic E-state index is -0.0872. The van der Waals surface area contributed by atoms with E-state index in [1.807, 2.05) is 0 Å². The smallest absolute Gasteiger partial charge is 0.220 e. The fraction of sp³-hybridized carbons (Fsp3) is 0.579. The fourth-order valence-corrected chi connectivity index (χ4v) is 3.16. The maximum atomic E-state index is 12.2. The molecule has 0 aliphatic carbocycles. The first-order valence-electron chi connectivity index (χ1n) is 8.72. The minimum absolute atomic E-state index is 0. The zero-order valence-electron chi connectivity index (χ0n) is 15.5. The largest absolute Gasteiger partial charge is 0.497 e. The number of Topliss-reactive ketones (excluding diaryl/α,β-unsaturated/α-hetero) is 1. The molecule has 0 aromatic heterocycles. The Labute approximate surface area is 161 Å². The van der Waals surface area contributed by atoms with Crippen molar-refractivity contribution in [3.8, 4) is 5.75 Å². The van der Waals surface area contributed by atoms with E-state index in [1.165, 1.54) is 0 Å². The number of hydrogen-bond acceptors (Lipinski definition) is 5. The number of carbonyl (C=O) groups excluding carboxylic acids is 2. The number of nitrogens with one attached hydrogen (secondary N) is 2. The Bertz CT molecular complexity index is 566. The number of ketones is 1. The number of amides is 1. The van der Waals surface area contributed by atoms with Crippen LogP contribution in [0.2, 0.25) is 0 Å². The minimum Gasteiger partial charge on any atom is -0.497 e. The Morgan fingerprint density at radius 1 is 1.12 bits per heavy atom. The van der Waals surface area contributed by atoms with Gasteiger partial charge in [0.15, 0.2) is 5.78 Å². The molecule has 0 saturated carbocycles. The molecular formula is C19H29ClN2O4. The van der Waals surface area contributed by atoms with Gasteiger partial charge >= 0.3 is 0 Å². The highest BCUT2D eigenvalue weighted by molar-refractivity contribution is 5.98. The zero-order chi connectivity index (χ0) is 18.1. The van der Waals surface area contributed by atoms with E-state index in [2.05, 4.69) is 10.6 Å². The van der Waals surface area contributed by atoms with Crippen LogP contribution in [0.15, 0.2) is 24.3 Å². The lowest BCUT2D eigenvalue weighted by Crippen LogP contribution is -2.47. The van der Waals surface area contributed by atoms with E-state index in [-0.39, 0.29) is 42.4 Å². The first-order valence-corrected chi connectivity index (χ1v) is 8.72. The van der Waals surface area contributed by atoms with Gasteiger partial charge in [0.25, 0.3) is 0 Å². The lowest BCUT2D eigenvalue weighted by Gasteiger charge is -2.37. The van der Waals surface area contributed by atoms with Crippen molar-refractivity contribution in [2.24, 2.45) is 5.41 Å². The molecule has 1 aromatic rings. The van der Waals surface area contributed by atoms with Gasteiger partial charge in [-0.05, 0) is 50.2 Å². The molecule has 2 rings (SSSR count). The number of carbonyl (C=O) groups is 2. The number of halogens is 1. The van der Waals surface area contributed by atoms with Crippen LogP contribution in [0.25, 0.3) is 0 Å². The van der Waals surface area contributed by atoms with Crippen LogP contribution in [0.4, 0.5) is 0 Å². The summed E-state index contributed by atoms with van der Waals surface area (Å²) < 4.78 is 10.4. The summed E-state index contributed by atoms with van der Waals surface area (Å²) >= 11 is 0. The van der Waals surface area contributed by atoms with Gasteiger partial charge < -0.3 is 20.1 Å². The number of methoxy groups -OCH3 is 2. The molecular weight excluding hydrogens is 356 g/mol. The number of piperidine rings is 1. The lowest BCUT2D eigenvalue weighted by atomic mass is 9.79. The maximum absolute atomic E-state index is 12.2. The molecule has 1 amide bonds. The molecule has 1 heterocycles. The van der Waals surface area contributed by atoms with Gasteiger partial charge in [0.2, 0.25) is 5.91 Å². The van der Waals surface area contributed by atoms with Gasteiger partial charge in [-0.25, -0.2) is 0 Å². The molecule has 26 heavy (non-hydrogen) atoms. The molecule has 1 fully saturated rings. The first-order chi connectivity index (χ1) is 12.1. The quantitative estimate of drug-likeness (QED) is 0.638. The molecule has 0 radical (unpaired) electrons. The topological polar surface area (TPSA) is 76.7 Å². The summed E-state index contributed by atoms with van der Waals surface area (Å²) in [6, 6.07) is 6.95. The Morgan fingerprint density at radius 2 is 1.77 bits per heavy atom. The van der Waals surface area contributed by atoms with Gasteiger partial charge in [-0.15, -0.1) is 12.4 Å². The molecule has 2 N–H and O–H groups in total. The van der Waals surface area contributed by atoms with Crippen molar-refractivity contribution in [3.63, 3.8) is 0 Å². The molecule has 6 nitrogen and oxygen atoms in total. The molecule has 0 atom stereocenters. The summed E-state index contributed by atoms with van der Waals surface area (Å²) in [4.78, 5) is 24.3. The summed E-state index contributed by atoms with van der Waals surface area (Å²) in [5.41, 5.74) is 0.596. The van der Waals surface area contributed by atoms with Crippen molar-refractivity contribution in [2.45, 2.75) is 25.7 Å². The second-order valence-electron chi connectivity index (χ2n) is 6.61. The predicted octanol–water partition coefficient (Wildman–Crippen LogP) is 2.21. The number of ether oxygens (including phenoxy) is 2. The van der Waals surface area contributed by atoms with E-state index >= 15 is 0 Å². The fourth-order valence-electron chi connectivity index (χ4n) is 3.16. The van der Waals surface area contributed by atoms with Gasteiger partial charge in [-0.2, -0.15) is 0 Å². The summed E-state index contributed by atoms with van der Waals surface area (Å²) in [6.45, 7) is 3.11. The highest BCUT2D eigenvalue weighted by atomic mass is 35.5. The SMILES string of the molecule is COCC1(CNC(=O)CCC(=O)c2ccc(OC)cc2)CCNCC1.Cl. The second-order valence-corrected chi connectivity index (χ2v) is 6.61. The van der Waals surface area contributed by atoms with Crippen LogP contribution in [-0.4, -0.2) is 52.2 Å². The van der Waals surface area contributed by atoms with Gasteiger partial charge in [0, 0.05) is 37.5 Å². The van der Waals surface area contributed by atoms with Crippen LogP contribution in [0, 0.1) is 5.41 Å². The maximum Gasteiger partial charge on any atom is 0.220 e. The van der Waals surface area contributed by atoms with E-state index in [4.69, 9.17) is 9.47 Å². The van der Waals surface area contributed by atoms with Crippen LogP contribution < -0.4 is 15.4 Å². The van der Waals surface area contributed by atoms with E-state index < -0.39 is 0 Å². The lowest BCUT2D eigenvalue weighted by molar-refractivity contribution is -0.122. The third kappa shape index (κ3) is 6.59. The van der Waals surface area contributed by atoms with E-state index in [9.17, 15) is 9.59 Å². The summed E-state index contributed by atoms with van der Waals surface area (Å²) in [5, 5.41) is 6.31. The molecule has 1 aromatic carbocycles. The van der Waals surface area contributed by atoms with Crippen molar-refractivity contribution in [3.05, 3.63) is 29.8 Å². The molecule has 7 heteroatoms. The third-order valence-corrected chi connectivity index (χ3v) is 4.77. The highest BCUT2D eigenvalue weighted by Crippen LogP contribution is 2.28. The average molecular weight is 385 g/mol. The first kappa shape index (κ1) is 22.4. The van der Waals surface area contributed by atoms with Crippen molar-refractivity contribution < 1.29 is 19.1 Å². The Balaban J connectivity index is 0.00000338. The molecule has 1 aliphatic heterocycles. The monoisotopic (exact) mass is 384 g/mol. The van der Waals surface area contributed by atoms with E-state index in [0.29, 0.717) is 24.5 Å².